The first-order chi connectivity index (χ1) is 13.7. The number of carbonyl (C=O) groups is 1. The van der Waals surface area contributed by atoms with E-state index in [0.29, 0.717) is 36.3 Å². The third-order valence-corrected chi connectivity index (χ3v) is 6.37. The molecule has 3 aromatic rings. The summed E-state index contributed by atoms with van der Waals surface area (Å²) in [7, 11) is 0. The molecule has 6 nitrogen and oxygen atoms in total. The van der Waals surface area contributed by atoms with E-state index in [9.17, 15) is 9.59 Å². The zero-order chi connectivity index (χ0) is 19.1. The number of rotatable bonds is 4. The van der Waals surface area contributed by atoms with Crippen molar-refractivity contribution in [3.05, 3.63) is 68.2 Å². The summed E-state index contributed by atoms with van der Waals surface area (Å²) < 4.78 is 11.3. The summed E-state index contributed by atoms with van der Waals surface area (Å²) in [5.74, 6) is -0.0198. The number of morpholine rings is 1. The van der Waals surface area contributed by atoms with Crippen LogP contribution in [-0.4, -0.2) is 55.1 Å². The first kappa shape index (κ1) is 17.6. The van der Waals surface area contributed by atoms with E-state index in [0.717, 1.165) is 24.5 Å². The number of amides is 1. The van der Waals surface area contributed by atoms with Crippen LogP contribution in [0.1, 0.15) is 27.0 Å². The fraction of sp³-hybridized carbons (Fsp3) is 0.333. The Hall–Kier alpha value is -2.48. The molecule has 2 aliphatic heterocycles. The molecule has 1 atom stereocenters. The smallest absolute Gasteiger partial charge is 0.290 e. The molecule has 1 amide bonds. The lowest BCUT2D eigenvalue weighted by Gasteiger charge is -2.30. The molecular weight excluding hydrogens is 376 g/mol. The molecule has 0 N–H and O–H groups in total. The van der Waals surface area contributed by atoms with Gasteiger partial charge in [0.05, 0.1) is 30.2 Å². The molecule has 7 heteroatoms. The van der Waals surface area contributed by atoms with E-state index >= 15 is 0 Å². The Bertz CT molecular complexity index is 1070. The molecule has 4 heterocycles. The first-order valence-electron chi connectivity index (χ1n) is 9.44. The van der Waals surface area contributed by atoms with Crippen molar-refractivity contribution in [3.63, 3.8) is 0 Å². The number of ether oxygens (including phenoxy) is 1. The van der Waals surface area contributed by atoms with Crippen LogP contribution in [0.3, 0.4) is 0 Å². The first-order valence-corrected chi connectivity index (χ1v) is 10.3. The monoisotopic (exact) mass is 396 g/mol. The fourth-order valence-corrected chi connectivity index (χ4v) is 4.86. The molecule has 0 radical (unpaired) electrons. The molecule has 144 valence electrons. The molecule has 0 unspecified atom stereocenters. The van der Waals surface area contributed by atoms with Gasteiger partial charge in [0.25, 0.3) is 5.91 Å². The highest BCUT2D eigenvalue weighted by Crippen LogP contribution is 2.39. The van der Waals surface area contributed by atoms with Gasteiger partial charge >= 0.3 is 0 Å². The van der Waals surface area contributed by atoms with Gasteiger partial charge < -0.3 is 14.1 Å². The van der Waals surface area contributed by atoms with Crippen LogP contribution in [-0.2, 0) is 4.74 Å². The Morgan fingerprint density at radius 2 is 1.86 bits per heavy atom. The number of carbonyl (C=O) groups excluding carboxylic acids is 1. The minimum absolute atomic E-state index is 0.113. The lowest BCUT2D eigenvalue weighted by atomic mass is 10.0. The number of para-hydroxylation sites is 1. The lowest BCUT2D eigenvalue weighted by molar-refractivity contribution is 0.0315. The van der Waals surface area contributed by atoms with E-state index in [-0.39, 0.29) is 23.1 Å². The van der Waals surface area contributed by atoms with Gasteiger partial charge in [-0.3, -0.25) is 14.5 Å². The van der Waals surface area contributed by atoms with Crippen molar-refractivity contribution in [2.45, 2.75) is 6.04 Å². The SMILES string of the molecule is O=C1c2oc3ccccc3c(=O)c2[C@H](c2cccs2)N1CCN1CCOCC1. The predicted molar refractivity (Wildman–Crippen MR) is 107 cm³/mol. The van der Waals surface area contributed by atoms with Crippen molar-refractivity contribution >= 4 is 28.2 Å². The van der Waals surface area contributed by atoms with E-state index in [1.165, 1.54) is 0 Å². The minimum atomic E-state index is -0.385. The van der Waals surface area contributed by atoms with Crippen molar-refractivity contribution in [2.75, 3.05) is 39.4 Å². The van der Waals surface area contributed by atoms with Crippen LogP contribution in [0.25, 0.3) is 11.0 Å². The molecule has 0 spiro atoms. The zero-order valence-corrected chi connectivity index (χ0v) is 16.1. The van der Waals surface area contributed by atoms with Gasteiger partial charge in [-0.15, -0.1) is 11.3 Å². The number of thiophene rings is 1. The van der Waals surface area contributed by atoms with Crippen LogP contribution in [0.5, 0.6) is 0 Å². The largest absolute Gasteiger partial charge is 0.450 e. The van der Waals surface area contributed by atoms with Gasteiger partial charge in [-0.25, -0.2) is 0 Å². The Labute approximate surface area is 165 Å². The van der Waals surface area contributed by atoms with E-state index in [2.05, 4.69) is 4.90 Å². The maximum atomic E-state index is 13.3. The van der Waals surface area contributed by atoms with Crippen molar-refractivity contribution in [2.24, 2.45) is 0 Å². The third-order valence-electron chi connectivity index (χ3n) is 5.45. The molecule has 1 saturated heterocycles. The highest BCUT2D eigenvalue weighted by molar-refractivity contribution is 7.10. The van der Waals surface area contributed by atoms with E-state index in [1.807, 2.05) is 29.6 Å². The van der Waals surface area contributed by atoms with Gasteiger partial charge in [-0.1, -0.05) is 18.2 Å². The normalized spacial score (nSPS) is 20.1. The van der Waals surface area contributed by atoms with Gasteiger partial charge in [0.1, 0.15) is 5.58 Å². The van der Waals surface area contributed by atoms with Crippen LogP contribution < -0.4 is 5.43 Å². The van der Waals surface area contributed by atoms with Crippen LogP contribution >= 0.6 is 11.3 Å². The molecule has 1 aromatic carbocycles. The second kappa shape index (κ2) is 7.16. The second-order valence-electron chi connectivity index (χ2n) is 7.04. The average Bonchev–Trinajstić information content (AvgIpc) is 3.35. The number of benzene rings is 1. The summed E-state index contributed by atoms with van der Waals surface area (Å²) >= 11 is 1.56. The number of hydrogen-bond acceptors (Lipinski definition) is 6. The van der Waals surface area contributed by atoms with Gasteiger partial charge in [-0.2, -0.15) is 0 Å². The van der Waals surface area contributed by atoms with Crippen LogP contribution in [0.2, 0.25) is 0 Å². The molecule has 5 rings (SSSR count). The highest BCUT2D eigenvalue weighted by atomic mass is 32.1. The van der Waals surface area contributed by atoms with Crippen molar-refractivity contribution < 1.29 is 13.9 Å². The molecule has 0 bridgehead atoms. The Morgan fingerprint density at radius 1 is 1.04 bits per heavy atom. The molecule has 2 aliphatic rings. The Balaban J connectivity index is 1.57. The Morgan fingerprint density at radius 3 is 2.64 bits per heavy atom. The molecular formula is C21H20N2O4S. The average molecular weight is 396 g/mol. The van der Waals surface area contributed by atoms with Crippen LogP contribution in [0.15, 0.2) is 51.0 Å². The summed E-state index contributed by atoms with van der Waals surface area (Å²) in [6, 6.07) is 10.7. The van der Waals surface area contributed by atoms with Crippen LogP contribution in [0.4, 0.5) is 0 Å². The van der Waals surface area contributed by atoms with Gasteiger partial charge in [-0.05, 0) is 23.6 Å². The van der Waals surface area contributed by atoms with E-state index in [1.54, 1.807) is 28.4 Å². The van der Waals surface area contributed by atoms with Crippen molar-refractivity contribution in [1.29, 1.82) is 0 Å². The quantitative estimate of drug-likeness (QED) is 0.679. The summed E-state index contributed by atoms with van der Waals surface area (Å²) in [5.41, 5.74) is 0.810. The summed E-state index contributed by atoms with van der Waals surface area (Å²) in [6.07, 6.45) is 0. The number of fused-ring (bicyclic) bond motifs is 2. The topological polar surface area (TPSA) is 63.0 Å². The molecule has 1 fully saturated rings. The fourth-order valence-electron chi connectivity index (χ4n) is 4.01. The summed E-state index contributed by atoms with van der Waals surface area (Å²) in [6.45, 7) is 4.45. The number of hydrogen-bond donors (Lipinski definition) is 0. The van der Waals surface area contributed by atoms with Crippen molar-refractivity contribution in [1.82, 2.24) is 9.80 Å². The predicted octanol–water partition coefficient (Wildman–Crippen LogP) is 2.73. The van der Waals surface area contributed by atoms with Gasteiger partial charge in [0, 0.05) is 31.1 Å². The maximum Gasteiger partial charge on any atom is 0.290 e. The van der Waals surface area contributed by atoms with Gasteiger partial charge in [0.2, 0.25) is 5.76 Å². The van der Waals surface area contributed by atoms with Crippen LogP contribution in [0, 0.1) is 0 Å². The summed E-state index contributed by atoms with van der Waals surface area (Å²) in [5, 5.41) is 2.49. The number of nitrogens with zero attached hydrogens (tertiary/aromatic N) is 2. The lowest BCUT2D eigenvalue weighted by Crippen LogP contribution is -2.42. The third kappa shape index (κ3) is 2.87. The molecule has 0 saturated carbocycles. The highest BCUT2D eigenvalue weighted by Gasteiger charge is 2.43. The molecule has 28 heavy (non-hydrogen) atoms. The van der Waals surface area contributed by atoms with Gasteiger partial charge in [0.15, 0.2) is 5.43 Å². The minimum Gasteiger partial charge on any atom is -0.450 e. The molecule has 0 aliphatic carbocycles. The molecule has 2 aromatic heterocycles. The second-order valence-corrected chi connectivity index (χ2v) is 8.02. The van der Waals surface area contributed by atoms with E-state index < -0.39 is 0 Å². The summed E-state index contributed by atoms with van der Waals surface area (Å²) in [4.78, 5) is 31.5. The van der Waals surface area contributed by atoms with E-state index in [4.69, 9.17) is 9.15 Å². The maximum absolute atomic E-state index is 13.3. The van der Waals surface area contributed by atoms with Crippen molar-refractivity contribution in [3.8, 4) is 0 Å². The Kier molecular flexibility index (Phi) is 4.50. The zero-order valence-electron chi connectivity index (χ0n) is 15.3. The standard InChI is InChI=1S/C21H20N2O4S/c24-19-14-4-1-2-5-15(14)27-20-17(19)18(16-6-3-13-28-16)23(21(20)25)8-7-22-9-11-26-12-10-22/h1-6,13,18H,7-12H2/t18-/m0/s1.